The van der Waals surface area contributed by atoms with Crippen LogP contribution in [0.1, 0.15) is 48.8 Å². The number of phenolic OH excluding ortho intramolecular Hbond substituents is 1. The summed E-state index contributed by atoms with van der Waals surface area (Å²) in [5, 5.41) is 11.9. The first-order chi connectivity index (χ1) is 17.4. The van der Waals surface area contributed by atoms with E-state index >= 15 is 0 Å². The molecule has 1 spiro atoms. The van der Waals surface area contributed by atoms with Gasteiger partial charge in [-0.2, -0.15) is 0 Å². The number of benzene rings is 2. The van der Waals surface area contributed by atoms with Crippen molar-refractivity contribution in [1.29, 1.82) is 0 Å². The van der Waals surface area contributed by atoms with E-state index in [-0.39, 0.29) is 29.9 Å². The third-order valence-corrected chi connectivity index (χ3v) is 10.6. The molecule has 1 N–H and O–H groups in total. The number of likely N-dealkylation sites (tertiary alicyclic amines) is 1. The van der Waals surface area contributed by atoms with E-state index in [1.165, 1.54) is 24.9 Å². The molecule has 0 unspecified atom stereocenters. The fourth-order valence-corrected chi connectivity index (χ4v) is 8.32. The number of rotatable bonds is 5. The van der Waals surface area contributed by atoms with E-state index in [1.54, 1.807) is 18.2 Å². The molecular formula is C29H32Cl2N2O3. The van der Waals surface area contributed by atoms with Gasteiger partial charge in [0.05, 0.1) is 22.5 Å². The Labute approximate surface area is 222 Å². The summed E-state index contributed by atoms with van der Waals surface area (Å²) >= 11 is 12.3. The van der Waals surface area contributed by atoms with Crippen LogP contribution in [0.3, 0.4) is 0 Å². The fraction of sp³-hybridized carbons (Fsp3) is 0.552. The van der Waals surface area contributed by atoms with Crippen LogP contribution in [-0.4, -0.2) is 59.1 Å². The number of hydrogen-bond donors (Lipinski definition) is 1. The van der Waals surface area contributed by atoms with Crippen molar-refractivity contribution >= 4 is 29.1 Å². The molecule has 2 aromatic carbocycles. The van der Waals surface area contributed by atoms with Gasteiger partial charge in [-0.3, -0.25) is 9.69 Å². The summed E-state index contributed by atoms with van der Waals surface area (Å²) in [6, 6.07) is 9.58. The van der Waals surface area contributed by atoms with Crippen LogP contribution in [0, 0.1) is 11.8 Å². The lowest BCUT2D eigenvalue weighted by atomic mass is 9.51. The SMILES string of the molecule is CN(C(=O)Cc1ccc(Cl)c(Cl)c1)[C@@H]1CC[C@H]2[C@H]3Cc4c(O)ccc5c4[C@@]2(CCN3CC2CC2)[C@H]1O5. The first-order valence-electron chi connectivity index (χ1n) is 13.3. The maximum Gasteiger partial charge on any atom is 0.227 e. The number of hydrogen-bond acceptors (Lipinski definition) is 4. The number of phenols is 1. The zero-order valence-electron chi connectivity index (χ0n) is 20.6. The number of amides is 1. The Balaban J connectivity index is 1.22. The molecule has 2 saturated carbocycles. The summed E-state index contributed by atoms with van der Waals surface area (Å²) in [6.45, 7) is 2.25. The van der Waals surface area contributed by atoms with E-state index in [0.29, 0.717) is 27.8 Å². The largest absolute Gasteiger partial charge is 0.508 e. The minimum Gasteiger partial charge on any atom is -0.508 e. The maximum atomic E-state index is 13.5. The molecule has 3 aliphatic carbocycles. The van der Waals surface area contributed by atoms with Gasteiger partial charge >= 0.3 is 0 Å². The molecule has 190 valence electrons. The molecule has 36 heavy (non-hydrogen) atoms. The third kappa shape index (κ3) is 3.35. The number of carbonyl (C=O) groups excluding carboxylic acids is 1. The van der Waals surface area contributed by atoms with Crippen LogP contribution >= 0.6 is 23.2 Å². The molecule has 7 heteroatoms. The van der Waals surface area contributed by atoms with E-state index in [2.05, 4.69) is 4.90 Å². The quantitative estimate of drug-likeness (QED) is 0.580. The minimum atomic E-state index is -0.132. The van der Waals surface area contributed by atoms with Crippen LogP contribution in [0.5, 0.6) is 11.5 Å². The van der Waals surface area contributed by atoms with Crippen molar-refractivity contribution in [2.24, 2.45) is 11.8 Å². The smallest absolute Gasteiger partial charge is 0.227 e. The Morgan fingerprint density at radius 1 is 1.17 bits per heavy atom. The Morgan fingerprint density at radius 3 is 2.78 bits per heavy atom. The highest BCUT2D eigenvalue weighted by Crippen LogP contribution is 2.64. The van der Waals surface area contributed by atoms with Crippen molar-refractivity contribution in [3.8, 4) is 11.5 Å². The second-order valence-electron chi connectivity index (χ2n) is 11.7. The summed E-state index contributed by atoms with van der Waals surface area (Å²) < 4.78 is 6.77. The van der Waals surface area contributed by atoms with E-state index in [0.717, 1.165) is 55.0 Å². The third-order valence-electron chi connectivity index (χ3n) is 9.84. The van der Waals surface area contributed by atoms with Crippen LogP contribution in [0.4, 0.5) is 0 Å². The second kappa shape index (κ2) is 8.28. The minimum absolute atomic E-state index is 0.00681. The summed E-state index contributed by atoms with van der Waals surface area (Å²) in [4.78, 5) is 18.1. The zero-order chi connectivity index (χ0) is 24.8. The Bertz CT molecular complexity index is 1250. The van der Waals surface area contributed by atoms with E-state index in [9.17, 15) is 9.90 Å². The fourth-order valence-electron chi connectivity index (χ4n) is 8.00. The number of nitrogens with zero attached hydrogens (tertiary/aromatic N) is 2. The highest BCUT2D eigenvalue weighted by atomic mass is 35.5. The van der Waals surface area contributed by atoms with Crippen LogP contribution < -0.4 is 4.74 Å². The van der Waals surface area contributed by atoms with Gasteiger partial charge in [0.25, 0.3) is 0 Å². The molecule has 7 rings (SSSR count). The number of aromatic hydroxyl groups is 1. The van der Waals surface area contributed by atoms with Crippen molar-refractivity contribution in [2.75, 3.05) is 20.1 Å². The molecule has 1 saturated heterocycles. The van der Waals surface area contributed by atoms with Crippen LogP contribution in [0.25, 0.3) is 0 Å². The van der Waals surface area contributed by atoms with Crippen molar-refractivity contribution in [2.45, 2.75) is 68.5 Å². The first-order valence-corrected chi connectivity index (χ1v) is 14.1. The number of ether oxygens (including phenoxy) is 1. The van der Waals surface area contributed by atoms with Gasteiger partial charge in [-0.15, -0.1) is 0 Å². The summed E-state index contributed by atoms with van der Waals surface area (Å²) in [5.74, 6) is 2.73. The highest BCUT2D eigenvalue weighted by molar-refractivity contribution is 6.42. The standard InChI is InChI=1S/C29H32Cl2N2O3/c1-32(26(35)13-17-4-6-20(30)21(31)12-17)22-7-5-19-23-14-18-24(34)8-9-25-27(18)29(19,28(22)36-25)10-11-33(23)15-16-2-3-16/h4,6,8-9,12,16,19,22-23,28,34H,2-3,5,7,10-11,13-15H2,1H3/t19-,22+,23+,28-,29-/m0/s1. The molecule has 2 aromatic rings. The van der Waals surface area contributed by atoms with Gasteiger partial charge in [-0.25, -0.2) is 0 Å². The number of halogens is 2. The molecule has 2 bridgehead atoms. The van der Waals surface area contributed by atoms with Gasteiger partial charge < -0.3 is 14.7 Å². The molecule has 3 fully saturated rings. The van der Waals surface area contributed by atoms with Crippen molar-refractivity contribution in [1.82, 2.24) is 9.80 Å². The normalized spacial score (nSPS) is 32.1. The average Bonchev–Trinajstić information content (AvgIpc) is 3.62. The van der Waals surface area contributed by atoms with E-state index in [1.807, 2.05) is 24.1 Å². The highest BCUT2D eigenvalue weighted by Gasteiger charge is 2.66. The van der Waals surface area contributed by atoms with Gasteiger partial charge in [0.1, 0.15) is 17.6 Å². The lowest BCUT2D eigenvalue weighted by Crippen LogP contribution is -2.69. The molecule has 5 nitrogen and oxygen atoms in total. The van der Waals surface area contributed by atoms with Gasteiger partial charge in [0, 0.05) is 36.2 Å². The average molecular weight is 527 g/mol. The van der Waals surface area contributed by atoms with Gasteiger partial charge in [-0.05, 0) is 86.7 Å². The first kappa shape index (κ1) is 23.2. The number of piperidine rings is 1. The van der Waals surface area contributed by atoms with E-state index < -0.39 is 0 Å². The molecule has 2 heterocycles. The summed E-state index contributed by atoms with van der Waals surface area (Å²) in [5.41, 5.74) is 3.06. The lowest BCUT2D eigenvalue weighted by molar-refractivity contribution is -0.139. The second-order valence-corrected chi connectivity index (χ2v) is 12.5. The van der Waals surface area contributed by atoms with Gasteiger partial charge in [0.2, 0.25) is 5.91 Å². The van der Waals surface area contributed by atoms with Gasteiger partial charge in [0.15, 0.2) is 0 Å². The van der Waals surface area contributed by atoms with Crippen LogP contribution in [-0.2, 0) is 23.1 Å². The van der Waals surface area contributed by atoms with E-state index in [4.69, 9.17) is 27.9 Å². The molecule has 5 atom stereocenters. The predicted octanol–water partition coefficient (Wildman–Crippen LogP) is 5.22. The zero-order valence-corrected chi connectivity index (χ0v) is 22.1. The Kier molecular flexibility index (Phi) is 5.33. The van der Waals surface area contributed by atoms with Gasteiger partial charge in [-0.1, -0.05) is 29.3 Å². The molecule has 0 aromatic heterocycles. The number of likely N-dealkylation sites (N-methyl/N-ethyl adjacent to an activating group) is 1. The Hall–Kier alpha value is -1.95. The maximum absolute atomic E-state index is 13.5. The van der Waals surface area contributed by atoms with Crippen molar-refractivity contribution in [3.63, 3.8) is 0 Å². The topological polar surface area (TPSA) is 53.0 Å². The molecule has 0 radical (unpaired) electrons. The van der Waals surface area contributed by atoms with Crippen molar-refractivity contribution < 1.29 is 14.6 Å². The summed E-state index contributed by atoms with van der Waals surface area (Å²) in [7, 11) is 1.93. The summed E-state index contributed by atoms with van der Waals surface area (Å²) in [6.07, 6.45) is 6.85. The van der Waals surface area contributed by atoms with Crippen molar-refractivity contribution in [3.05, 3.63) is 57.1 Å². The lowest BCUT2D eigenvalue weighted by Gasteiger charge is -2.60. The monoisotopic (exact) mass is 526 g/mol. The molecule has 1 amide bonds. The molecular weight excluding hydrogens is 495 g/mol. The molecule has 5 aliphatic rings. The predicted molar refractivity (Wildman–Crippen MR) is 140 cm³/mol. The molecule has 2 aliphatic heterocycles. The number of carbonyl (C=O) groups is 1. The van der Waals surface area contributed by atoms with Crippen LogP contribution in [0.15, 0.2) is 30.3 Å². The van der Waals surface area contributed by atoms with Crippen LogP contribution in [0.2, 0.25) is 10.0 Å². The Morgan fingerprint density at radius 2 is 2.00 bits per heavy atom.